The number of hydrogen-bond acceptors (Lipinski definition) is 3. The van der Waals surface area contributed by atoms with Gasteiger partial charge in [0.2, 0.25) is 5.91 Å². The van der Waals surface area contributed by atoms with Gasteiger partial charge in [0.25, 0.3) is 0 Å². The minimum Gasteiger partial charge on any atom is -0.508 e. The second-order valence-electron chi connectivity index (χ2n) is 4.77. The van der Waals surface area contributed by atoms with E-state index in [1.54, 1.807) is 12.1 Å². The third-order valence-electron chi connectivity index (χ3n) is 3.02. The van der Waals surface area contributed by atoms with Crippen molar-refractivity contribution < 1.29 is 9.90 Å². The summed E-state index contributed by atoms with van der Waals surface area (Å²) in [6, 6.07) is 6.76. The third-order valence-corrected chi connectivity index (χ3v) is 3.02. The zero-order valence-corrected chi connectivity index (χ0v) is 11.8. The lowest BCUT2D eigenvalue weighted by Crippen LogP contribution is -2.42. The second-order valence-corrected chi connectivity index (χ2v) is 4.77. The second kappa shape index (κ2) is 8.53. The highest BCUT2D eigenvalue weighted by Gasteiger charge is 2.10. The van der Waals surface area contributed by atoms with E-state index < -0.39 is 0 Å². The summed E-state index contributed by atoms with van der Waals surface area (Å²) < 4.78 is 0. The maximum Gasteiger partial charge on any atom is 0.236 e. The number of amides is 1. The van der Waals surface area contributed by atoms with Crippen LogP contribution < -0.4 is 10.6 Å². The molecule has 4 nitrogen and oxygen atoms in total. The normalized spacial score (nSPS) is 12.1. The van der Waals surface area contributed by atoms with Crippen LogP contribution in [-0.4, -0.2) is 23.6 Å². The fraction of sp³-hybridized carbons (Fsp3) is 0.533. The van der Waals surface area contributed by atoms with Crippen LogP contribution in [0, 0.1) is 0 Å². The molecule has 0 bridgehead atoms. The van der Waals surface area contributed by atoms with Gasteiger partial charge in [0, 0.05) is 13.1 Å². The number of hydrogen-bond donors (Lipinski definition) is 3. The maximum absolute atomic E-state index is 11.8. The van der Waals surface area contributed by atoms with Crippen LogP contribution >= 0.6 is 0 Å². The zero-order valence-electron chi connectivity index (χ0n) is 11.8. The van der Waals surface area contributed by atoms with Gasteiger partial charge < -0.3 is 15.7 Å². The van der Waals surface area contributed by atoms with Gasteiger partial charge in [-0.2, -0.15) is 0 Å². The number of carbonyl (C=O) groups excluding carboxylic acids is 1. The van der Waals surface area contributed by atoms with Crippen LogP contribution in [-0.2, 0) is 11.3 Å². The van der Waals surface area contributed by atoms with E-state index >= 15 is 0 Å². The number of unbranched alkanes of at least 4 members (excludes halogenated alkanes) is 2. The van der Waals surface area contributed by atoms with E-state index in [9.17, 15) is 9.90 Å². The van der Waals surface area contributed by atoms with Crippen LogP contribution in [0.4, 0.5) is 0 Å². The van der Waals surface area contributed by atoms with Gasteiger partial charge in [-0.1, -0.05) is 31.9 Å². The van der Waals surface area contributed by atoms with E-state index in [0.717, 1.165) is 31.4 Å². The van der Waals surface area contributed by atoms with Gasteiger partial charge in [-0.15, -0.1) is 0 Å². The fourth-order valence-corrected chi connectivity index (χ4v) is 1.72. The molecule has 1 aromatic rings. The summed E-state index contributed by atoms with van der Waals surface area (Å²) in [6.45, 7) is 5.36. The van der Waals surface area contributed by atoms with Gasteiger partial charge in [0.15, 0.2) is 0 Å². The Morgan fingerprint density at radius 1 is 1.26 bits per heavy atom. The first-order chi connectivity index (χ1) is 9.13. The Morgan fingerprint density at radius 2 is 1.95 bits per heavy atom. The van der Waals surface area contributed by atoms with Crippen molar-refractivity contribution in [1.82, 2.24) is 10.6 Å². The Kier molecular flexibility index (Phi) is 6.97. The summed E-state index contributed by atoms with van der Waals surface area (Å²) in [6.07, 6.45) is 3.34. The molecule has 0 saturated carbocycles. The van der Waals surface area contributed by atoms with Crippen LogP contribution in [0.1, 0.15) is 38.7 Å². The number of phenolic OH excluding ortho intramolecular Hbond substituents is 1. The summed E-state index contributed by atoms with van der Waals surface area (Å²) in [4.78, 5) is 11.8. The number of carbonyl (C=O) groups is 1. The molecule has 0 aliphatic rings. The van der Waals surface area contributed by atoms with Crippen molar-refractivity contribution in [3.05, 3.63) is 29.8 Å². The molecule has 0 fully saturated rings. The topological polar surface area (TPSA) is 61.4 Å². The van der Waals surface area contributed by atoms with Crippen LogP contribution in [0.3, 0.4) is 0 Å². The minimum absolute atomic E-state index is 0.0369. The molecule has 1 rings (SSSR count). The van der Waals surface area contributed by atoms with E-state index in [2.05, 4.69) is 17.6 Å². The smallest absolute Gasteiger partial charge is 0.236 e. The highest BCUT2D eigenvalue weighted by Crippen LogP contribution is 2.09. The van der Waals surface area contributed by atoms with Gasteiger partial charge in [-0.3, -0.25) is 4.79 Å². The van der Waals surface area contributed by atoms with E-state index in [1.807, 2.05) is 19.1 Å². The number of rotatable bonds is 8. The Balaban J connectivity index is 2.24. The van der Waals surface area contributed by atoms with Gasteiger partial charge >= 0.3 is 0 Å². The molecule has 0 heterocycles. The number of phenols is 1. The predicted octanol–water partition coefficient (Wildman–Crippen LogP) is 2.18. The number of aromatic hydroxyl groups is 1. The summed E-state index contributed by atoms with van der Waals surface area (Å²) in [5, 5.41) is 15.3. The largest absolute Gasteiger partial charge is 0.508 e. The van der Waals surface area contributed by atoms with Gasteiger partial charge in [0.1, 0.15) is 5.75 Å². The maximum atomic E-state index is 11.8. The van der Waals surface area contributed by atoms with Crippen molar-refractivity contribution in [2.75, 3.05) is 6.54 Å². The average Bonchev–Trinajstić information content (AvgIpc) is 2.42. The van der Waals surface area contributed by atoms with Crippen molar-refractivity contribution in [1.29, 1.82) is 0 Å². The average molecular weight is 264 g/mol. The summed E-state index contributed by atoms with van der Waals surface area (Å²) in [7, 11) is 0. The van der Waals surface area contributed by atoms with Gasteiger partial charge in [-0.25, -0.2) is 0 Å². The molecule has 4 heteroatoms. The molecule has 3 N–H and O–H groups in total. The van der Waals surface area contributed by atoms with Crippen LogP contribution in [0.5, 0.6) is 5.75 Å². The van der Waals surface area contributed by atoms with Gasteiger partial charge in [-0.05, 0) is 31.0 Å². The number of benzene rings is 1. The summed E-state index contributed by atoms with van der Waals surface area (Å²) >= 11 is 0. The molecule has 0 aliphatic carbocycles. The Morgan fingerprint density at radius 3 is 2.58 bits per heavy atom. The lowest BCUT2D eigenvalue weighted by molar-refractivity contribution is -0.122. The Labute approximate surface area is 115 Å². The molecule has 19 heavy (non-hydrogen) atoms. The first-order valence-corrected chi connectivity index (χ1v) is 6.92. The van der Waals surface area contributed by atoms with E-state index in [1.165, 1.54) is 0 Å². The molecule has 0 radical (unpaired) electrons. The molecule has 0 spiro atoms. The highest BCUT2D eigenvalue weighted by molar-refractivity contribution is 5.81. The molecule has 0 aromatic heterocycles. The first-order valence-electron chi connectivity index (χ1n) is 6.92. The summed E-state index contributed by atoms with van der Waals surface area (Å²) in [5.74, 6) is 0.292. The molecule has 0 aliphatic heterocycles. The molecule has 1 unspecified atom stereocenters. The van der Waals surface area contributed by atoms with Crippen molar-refractivity contribution in [2.24, 2.45) is 0 Å². The Bertz CT molecular complexity index is 376. The zero-order chi connectivity index (χ0) is 14.1. The molecule has 1 aromatic carbocycles. The quantitative estimate of drug-likeness (QED) is 0.631. The van der Waals surface area contributed by atoms with E-state index in [-0.39, 0.29) is 17.7 Å². The standard InChI is InChI=1S/C15H24N2O2/c1-3-4-5-10-16-15(19)12(2)17-11-13-6-8-14(18)9-7-13/h6-9,12,17-18H,3-5,10-11H2,1-2H3,(H,16,19). The fourth-order valence-electron chi connectivity index (χ4n) is 1.72. The van der Waals surface area contributed by atoms with E-state index in [0.29, 0.717) is 6.54 Å². The van der Waals surface area contributed by atoms with Gasteiger partial charge in [0.05, 0.1) is 6.04 Å². The molecule has 1 atom stereocenters. The highest BCUT2D eigenvalue weighted by atomic mass is 16.3. The van der Waals surface area contributed by atoms with Crippen molar-refractivity contribution in [3.8, 4) is 5.75 Å². The Hall–Kier alpha value is -1.55. The van der Waals surface area contributed by atoms with Crippen LogP contribution in [0.25, 0.3) is 0 Å². The van der Waals surface area contributed by atoms with Crippen molar-refractivity contribution in [2.45, 2.75) is 45.7 Å². The lowest BCUT2D eigenvalue weighted by atomic mass is 10.2. The minimum atomic E-state index is -0.213. The lowest BCUT2D eigenvalue weighted by Gasteiger charge is -2.14. The van der Waals surface area contributed by atoms with Crippen LogP contribution in [0.15, 0.2) is 24.3 Å². The molecular weight excluding hydrogens is 240 g/mol. The van der Waals surface area contributed by atoms with E-state index in [4.69, 9.17) is 0 Å². The summed E-state index contributed by atoms with van der Waals surface area (Å²) in [5.41, 5.74) is 1.04. The SMILES string of the molecule is CCCCCNC(=O)C(C)NCc1ccc(O)cc1. The predicted molar refractivity (Wildman–Crippen MR) is 76.9 cm³/mol. The third kappa shape index (κ3) is 6.25. The first kappa shape index (κ1) is 15.5. The molecule has 106 valence electrons. The number of nitrogens with one attached hydrogen (secondary N) is 2. The van der Waals surface area contributed by atoms with Crippen LogP contribution in [0.2, 0.25) is 0 Å². The molecular formula is C15H24N2O2. The molecule has 1 amide bonds. The van der Waals surface area contributed by atoms with Crippen molar-refractivity contribution >= 4 is 5.91 Å². The molecule has 0 saturated heterocycles. The monoisotopic (exact) mass is 264 g/mol. The van der Waals surface area contributed by atoms with Crippen molar-refractivity contribution in [3.63, 3.8) is 0 Å².